The van der Waals surface area contributed by atoms with Gasteiger partial charge in [-0.1, -0.05) is 69.3 Å². The van der Waals surface area contributed by atoms with Crippen LogP contribution in [0.1, 0.15) is 55.6 Å². The Morgan fingerprint density at radius 2 is 1.81 bits per heavy atom. The molecule has 0 spiro atoms. The minimum absolute atomic E-state index is 0.00474. The summed E-state index contributed by atoms with van der Waals surface area (Å²) in [6.07, 6.45) is 1.88. The molecule has 0 unspecified atom stereocenters. The van der Waals surface area contributed by atoms with Crippen molar-refractivity contribution in [3.63, 3.8) is 0 Å². The zero-order chi connectivity index (χ0) is 22.5. The third kappa shape index (κ3) is 4.80. The van der Waals surface area contributed by atoms with Crippen molar-refractivity contribution < 1.29 is 4.79 Å². The zero-order valence-electron chi connectivity index (χ0n) is 18.6. The molecule has 0 radical (unpaired) electrons. The smallest absolute Gasteiger partial charge is 0.217 e. The fourth-order valence-electron chi connectivity index (χ4n) is 3.65. The lowest BCUT2D eigenvalue weighted by Gasteiger charge is -2.10. The maximum atomic E-state index is 12.3. The Morgan fingerprint density at radius 1 is 1.06 bits per heavy atom. The first-order chi connectivity index (χ1) is 15.5. The highest BCUT2D eigenvalue weighted by Crippen LogP contribution is 2.30. The van der Waals surface area contributed by atoms with Crippen LogP contribution in [0, 0.1) is 5.92 Å². The Bertz CT molecular complexity index is 1180. The number of carbonyl (C=O) groups excluding carboxylic acids is 1. The van der Waals surface area contributed by atoms with Crippen molar-refractivity contribution >= 4 is 5.78 Å². The Balaban J connectivity index is 1.59. The first-order valence-electron chi connectivity index (χ1n) is 10.9. The Labute approximate surface area is 187 Å². The molecule has 0 aliphatic carbocycles. The molecule has 32 heavy (non-hydrogen) atoms. The number of rotatable bonds is 9. The molecule has 4 rings (SSSR count). The summed E-state index contributed by atoms with van der Waals surface area (Å²) in [5, 5.41) is 18.8. The number of hydrogen-bond acceptors (Lipinski definition) is 6. The van der Waals surface area contributed by atoms with E-state index in [4.69, 9.17) is 0 Å². The van der Waals surface area contributed by atoms with Crippen LogP contribution < -0.4 is 0 Å². The Kier molecular flexibility index (Phi) is 6.49. The maximum absolute atomic E-state index is 12.3. The van der Waals surface area contributed by atoms with Crippen LogP contribution >= 0.6 is 0 Å². The minimum atomic E-state index is 0.00474. The fourth-order valence-corrected chi connectivity index (χ4v) is 3.65. The normalized spacial score (nSPS) is 11.2. The van der Waals surface area contributed by atoms with E-state index in [2.05, 4.69) is 74.9 Å². The van der Waals surface area contributed by atoms with Crippen molar-refractivity contribution in [1.29, 1.82) is 0 Å². The predicted octanol–water partition coefficient (Wildman–Crippen LogP) is 4.35. The van der Waals surface area contributed by atoms with Gasteiger partial charge in [0.05, 0.1) is 0 Å². The van der Waals surface area contributed by atoms with E-state index in [0.29, 0.717) is 30.4 Å². The van der Waals surface area contributed by atoms with Crippen molar-refractivity contribution in [2.75, 3.05) is 0 Å². The number of tetrazole rings is 1. The van der Waals surface area contributed by atoms with Gasteiger partial charge in [0.2, 0.25) is 11.6 Å². The number of ketones is 1. The van der Waals surface area contributed by atoms with E-state index in [1.165, 1.54) is 0 Å². The lowest BCUT2D eigenvalue weighted by atomic mass is 9.98. The molecule has 4 aromatic rings. The van der Waals surface area contributed by atoms with Crippen LogP contribution in [0.2, 0.25) is 0 Å². The van der Waals surface area contributed by atoms with E-state index in [1.54, 1.807) is 0 Å². The summed E-state index contributed by atoms with van der Waals surface area (Å²) in [7, 11) is 0. The number of aromatic nitrogens is 7. The molecular weight excluding hydrogens is 402 g/mol. The van der Waals surface area contributed by atoms with Gasteiger partial charge in [-0.2, -0.15) is 0 Å². The largest absolute Gasteiger partial charge is 0.291 e. The molecule has 0 bridgehead atoms. The number of aromatic amines is 1. The number of benzene rings is 2. The second kappa shape index (κ2) is 9.64. The molecule has 0 aliphatic rings. The average molecular weight is 430 g/mol. The van der Waals surface area contributed by atoms with E-state index >= 15 is 0 Å². The van der Waals surface area contributed by atoms with Gasteiger partial charge in [-0.25, -0.2) is 14.8 Å². The average Bonchev–Trinajstić information content (AvgIpc) is 3.45. The number of Topliss-reactive ketones (excluding diaryl/α,β-unsaturated/α-hetero) is 1. The van der Waals surface area contributed by atoms with Gasteiger partial charge in [0.1, 0.15) is 5.82 Å². The first kappa shape index (κ1) is 21.5. The number of nitrogens with one attached hydrogen (secondary N) is 1. The zero-order valence-corrected chi connectivity index (χ0v) is 18.6. The molecular formula is C24H27N7O. The molecule has 0 aliphatic heterocycles. The first-order valence-corrected chi connectivity index (χ1v) is 10.9. The Morgan fingerprint density at radius 3 is 2.47 bits per heavy atom. The number of nitrogens with zero attached hydrogens (tertiary/aromatic N) is 6. The SMILES string of the molecule is CCCC(=O)c1nc(Cc2ccc(-c3ccccc3-c3nnn[nH]3)cc2)n(CC(C)C)n1. The third-order valence-corrected chi connectivity index (χ3v) is 5.17. The van der Waals surface area contributed by atoms with E-state index in [1.807, 2.05) is 29.8 Å². The molecule has 2 aromatic carbocycles. The molecule has 0 fully saturated rings. The summed E-state index contributed by atoms with van der Waals surface area (Å²) in [5.74, 6) is 2.20. The quantitative estimate of drug-likeness (QED) is 0.397. The summed E-state index contributed by atoms with van der Waals surface area (Å²) < 4.78 is 1.88. The molecule has 2 heterocycles. The van der Waals surface area contributed by atoms with Crippen molar-refractivity contribution in [1.82, 2.24) is 35.4 Å². The highest BCUT2D eigenvalue weighted by atomic mass is 16.1. The molecule has 1 N–H and O–H groups in total. The van der Waals surface area contributed by atoms with Crippen LogP contribution in [0.3, 0.4) is 0 Å². The molecule has 0 saturated carbocycles. The lowest BCUT2D eigenvalue weighted by molar-refractivity contribution is 0.0971. The number of H-pyrrole nitrogens is 1. The molecule has 0 saturated heterocycles. The van der Waals surface area contributed by atoms with Crippen LogP contribution in [0.4, 0.5) is 0 Å². The second-order valence-corrected chi connectivity index (χ2v) is 8.27. The lowest BCUT2D eigenvalue weighted by Crippen LogP contribution is -2.11. The van der Waals surface area contributed by atoms with Gasteiger partial charge in [0, 0.05) is 24.9 Å². The summed E-state index contributed by atoms with van der Waals surface area (Å²) in [4.78, 5) is 16.9. The van der Waals surface area contributed by atoms with Gasteiger partial charge in [-0.05, 0) is 39.5 Å². The van der Waals surface area contributed by atoms with Crippen molar-refractivity contribution in [2.24, 2.45) is 5.92 Å². The second-order valence-electron chi connectivity index (χ2n) is 8.27. The third-order valence-electron chi connectivity index (χ3n) is 5.17. The number of hydrogen-bond donors (Lipinski definition) is 1. The van der Waals surface area contributed by atoms with Crippen LogP contribution in [-0.2, 0) is 13.0 Å². The van der Waals surface area contributed by atoms with Gasteiger partial charge >= 0.3 is 0 Å². The summed E-state index contributed by atoms with van der Waals surface area (Å²) >= 11 is 0. The van der Waals surface area contributed by atoms with Crippen molar-refractivity contribution in [2.45, 2.75) is 46.6 Å². The molecule has 2 aromatic heterocycles. The van der Waals surface area contributed by atoms with Gasteiger partial charge in [0.25, 0.3) is 0 Å². The minimum Gasteiger partial charge on any atom is -0.291 e. The van der Waals surface area contributed by atoms with Crippen LogP contribution in [0.15, 0.2) is 48.5 Å². The molecule has 0 atom stereocenters. The Hall–Kier alpha value is -3.68. The summed E-state index contributed by atoms with van der Waals surface area (Å²) in [5.41, 5.74) is 4.18. The van der Waals surface area contributed by atoms with Crippen molar-refractivity contribution in [3.05, 3.63) is 65.7 Å². The highest BCUT2D eigenvalue weighted by Gasteiger charge is 2.17. The van der Waals surface area contributed by atoms with Crippen molar-refractivity contribution in [3.8, 4) is 22.5 Å². The summed E-state index contributed by atoms with van der Waals surface area (Å²) in [6.45, 7) is 6.99. The molecule has 8 heteroatoms. The van der Waals surface area contributed by atoms with Crippen LogP contribution in [0.5, 0.6) is 0 Å². The monoisotopic (exact) mass is 429 g/mol. The predicted molar refractivity (Wildman–Crippen MR) is 122 cm³/mol. The van der Waals surface area contributed by atoms with Gasteiger partial charge in [-0.3, -0.25) is 4.79 Å². The molecule has 0 amide bonds. The summed E-state index contributed by atoms with van der Waals surface area (Å²) in [6, 6.07) is 16.4. The van der Waals surface area contributed by atoms with E-state index in [9.17, 15) is 4.79 Å². The molecule has 164 valence electrons. The van der Waals surface area contributed by atoms with Gasteiger partial charge < -0.3 is 0 Å². The maximum Gasteiger partial charge on any atom is 0.217 e. The standard InChI is InChI=1S/C24H27N7O/c1-4-7-21(32)24-25-22(31(28-24)15-16(2)3)14-17-10-12-18(13-11-17)19-8-5-6-9-20(19)23-26-29-30-27-23/h5-6,8-13,16H,4,7,14-15H2,1-3H3,(H,26,27,29,30). The van der Waals surface area contributed by atoms with Crippen LogP contribution in [-0.4, -0.2) is 41.2 Å². The van der Waals surface area contributed by atoms with Crippen LogP contribution in [0.25, 0.3) is 22.5 Å². The molecule has 8 nitrogen and oxygen atoms in total. The van der Waals surface area contributed by atoms with Gasteiger partial charge in [0.15, 0.2) is 5.82 Å². The van der Waals surface area contributed by atoms with E-state index < -0.39 is 0 Å². The van der Waals surface area contributed by atoms with Gasteiger partial charge in [-0.15, -0.1) is 10.2 Å². The fraction of sp³-hybridized carbons (Fsp3) is 0.333. The highest BCUT2D eigenvalue weighted by molar-refractivity contribution is 5.92. The topological polar surface area (TPSA) is 102 Å². The van der Waals surface area contributed by atoms with E-state index in [0.717, 1.165) is 41.0 Å². The van der Waals surface area contributed by atoms with E-state index in [-0.39, 0.29) is 5.78 Å². The number of carbonyl (C=O) groups is 1.